The zero-order valence-corrected chi connectivity index (χ0v) is 21.1. The summed E-state index contributed by atoms with van der Waals surface area (Å²) in [6.45, 7) is 14.0. The molecule has 0 bridgehead atoms. The number of carbonyl (C=O) groups excluding carboxylic acids is 1. The highest BCUT2D eigenvalue weighted by Crippen LogP contribution is 2.13. The molecule has 170 valence electrons. The monoisotopic (exact) mass is 531 g/mol. The summed E-state index contributed by atoms with van der Waals surface area (Å²) in [5.74, 6) is 1.39. The van der Waals surface area contributed by atoms with E-state index in [1.807, 2.05) is 24.3 Å². The van der Waals surface area contributed by atoms with Gasteiger partial charge in [0.1, 0.15) is 0 Å². The lowest BCUT2D eigenvalue weighted by Gasteiger charge is -2.35. The Kier molecular flexibility index (Phi) is 13.0. The Balaban J connectivity index is 0.00000450. The van der Waals surface area contributed by atoms with E-state index in [-0.39, 0.29) is 29.9 Å². The molecule has 3 N–H and O–H groups in total. The molecule has 0 radical (unpaired) electrons. The first-order valence-electron chi connectivity index (χ1n) is 10.7. The third-order valence-electron chi connectivity index (χ3n) is 4.82. The van der Waals surface area contributed by atoms with Crippen LogP contribution in [0.5, 0.6) is 0 Å². The molecule has 7 nitrogen and oxygen atoms in total. The Hall–Kier alpha value is -1.39. The molecule has 1 aromatic carbocycles. The summed E-state index contributed by atoms with van der Waals surface area (Å²) in [4.78, 5) is 18.5. The molecule has 8 heteroatoms. The number of ether oxygens (including phenoxy) is 1. The van der Waals surface area contributed by atoms with Crippen molar-refractivity contribution in [1.82, 2.24) is 15.5 Å². The average Bonchev–Trinajstić information content (AvgIpc) is 2.69. The molecule has 1 fully saturated rings. The fourth-order valence-electron chi connectivity index (χ4n) is 3.53. The molecule has 0 aromatic heterocycles. The summed E-state index contributed by atoms with van der Waals surface area (Å²) in [7, 11) is 0. The predicted octanol–water partition coefficient (Wildman–Crippen LogP) is 3.07. The van der Waals surface area contributed by atoms with E-state index in [2.05, 4.69) is 41.6 Å². The molecule has 1 aliphatic heterocycles. The van der Waals surface area contributed by atoms with E-state index in [1.165, 1.54) is 6.92 Å². The van der Waals surface area contributed by atoms with E-state index >= 15 is 0 Å². The van der Waals surface area contributed by atoms with Crippen molar-refractivity contribution >= 4 is 41.5 Å². The van der Waals surface area contributed by atoms with Crippen LogP contribution in [-0.4, -0.2) is 62.2 Å². The fourth-order valence-corrected chi connectivity index (χ4v) is 3.53. The zero-order chi connectivity index (χ0) is 21.1. The fraction of sp³-hybridized carbons (Fsp3) is 0.636. The molecule has 1 aliphatic rings. The first-order valence-corrected chi connectivity index (χ1v) is 10.7. The predicted molar refractivity (Wildman–Crippen MR) is 135 cm³/mol. The lowest BCUT2D eigenvalue weighted by atomic mass is 10.0. The van der Waals surface area contributed by atoms with E-state index in [0.29, 0.717) is 18.5 Å². The highest BCUT2D eigenvalue weighted by atomic mass is 127. The number of benzene rings is 1. The van der Waals surface area contributed by atoms with E-state index in [1.54, 1.807) is 0 Å². The molecule has 1 unspecified atom stereocenters. The van der Waals surface area contributed by atoms with Gasteiger partial charge >= 0.3 is 0 Å². The molecule has 0 saturated carbocycles. The van der Waals surface area contributed by atoms with Gasteiger partial charge in [-0.25, -0.2) is 4.99 Å². The van der Waals surface area contributed by atoms with Crippen LogP contribution in [0.2, 0.25) is 0 Å². The number of nitrogens with zero attached hydrogens (tertiary/aromatic N) is 2. The Morgan fingerprint density at radius 3 is 2.60 bits per heavy atom. The molecule has 1 amide bonds. The molecule has 0 spiro atoms. The first kappa shape index (κ1) is 26.6. The SMILES string of the molecule is CCNC(=NCc1cccc(NC(C)=O)c1)NCC(CC(C)C)N1CCOCC1.I. The number of morpholine rings is 1. The molecule has 1 saturated heterocycles. The van der Waals surface area contributed by atoms with Crippen LogP contribution in [0.1, 0.15) is 39.7 Å². The van der Waals surface area contributed by atoms with Crippen molar-refractivity contribution in [2.24, 2.45) is 10.9 Å². The Morgan fingerprint density at radius 2 is 1.97 bits per heavy atom. The Morgan fingerprint density at radius 1 is 1.23 bits per heavy atom. The van der Waals surface area contributed by atoms with Gasteiger partial charge in [0, 0.05) is 44.8 Å². The van der Waals surface area contributed by atoms with Crippen molar-refractivity contribution in [2.45, 2.75) is 46.7 Å². The molecule has 0 aliphatic carbocycles. The number of anilines is 1. The van der Waals surface area contributed by atoms with Crippen LogP contribution in [0, 0.1) is 5.92 Å². The summed E-state index contributed by atoms with van der Waals surface area (Å²) in [6.07, 6.45) is 1.14. The minimum atomic E-state index is -0.0695. The van der Waals surface area contributed by atoms with Crippen LogP contribution in [0.15, 0.2) is 29.3 Å². The molecule has 30 heavy (non-hydrogen) atoms. The number of nitrogens with one attached hydrogen (secondary N) is 3. The van der Waals surface area contributed by atoms with Crippen LogP contribution in [0.3, 0.4) is 0 Å². The molecule has 1 atom stereocenters. The number of hydrogen-bond donors (Lipinski definition) is 3. The third-order valence-corrected chi connectivity index (χ3v) is 4.82. The van der Waals surface area contributed by atoms with Gasteiger partial charge in [-0.3, -0.25) is 9.69 Å². The lowest BCUT2D eigenvalue weighted by Crippen LogP contribution is -2.51. The second kappa shape index (κ2) is 14.6. The van der Waals surface area contributed by atoms with E-state index in [0.717, 1.165) is 63.0 Å². The maximum atomic E-state index is 11.3. The van der Waals surface area contributed by atoms with E-state index in [9.17, 15) is 4.79 Å². The van der Waals surface area contributed by atoms with Crippen molar-refractivity contribution < 1.29 is 9.53 Å². The number of guanidine groups is 1. The molecular weight excluding hydrogens is 493 g/mol. The maximum Gasteiger partial charge on any atom is 0.221 e. The summed E-state index contributed by atoms with van der Waals surface area (Å²) in [5.41, 5.74) is 1.85. The smallest absolute Gasteiger partial charge is 0.221 e. The van der Waals surface area contributed by atoms with Crippen molar-refractivity contribution in [3.05, 3.63) is 29.8 Å². The van der Waals surface area contributed by atoms with Crippen LogP contribution >= 0.6 is 24.0 Å². The van der Waals surface area contributed by atoms with Gasteiger partial charge in [-0.15, -0.1) is 24.0 Å². The number of amides is 1. The number of aliphatic imine (C=N–C) groups is 1. The van der Waals surface area contributed by atoms with Gasteiger partial charge in [0.2, 0.25) is 5.91 Å². The summed E-state index contributed by atoms with van der Waals surface area (Å²) < 4.78 is 5.52. The standard InChI is InChI=1S/C22H37N5O2.HI/c1-5-23-22(24-15-19-7-6-8-20(14-19)26-18(4)28)25-16-21(13-17(2)3)27-9-11-29-12-10-27;/h6-8,14,17,21H,5,9-13,15-16H2,1-4H3,(H,26,28)(H2,23,24,25);1H. The highest BCUT2D eigenvalue weighted by molar-refractivity contribution is 14.0. The second-order valence-corrected chi connectivity index (χ2v) is 7.89. The van der Waals surface area contributed by atoms with Crippen LogP contribution < -0.4 is 16.0 Å². The van der Waals surface area contributed by atoms with Gasteiger partial charge in [0.05, 0.1) is 19.8 Å². The normalized spacial score (nSPS) is 16.0. The minimum absolute atomic E-state index is 0. The number of hydrogen-bond acceptors (Lipinski definition) is 4. The summed E-state index contributed by atoms with van der Waals surface area (Å²) >= 11 is 0. The quantitative estimate of drug-likeness (QED) is 0.260. The lowest BCUT2D eigenvalue weighted by molar-refractivity contribution is -0.114. The highest BCUT2D eigenvalue weighted by Gasteiger charge is 2.22. The van der Waals surface area contributed by atoms with Gasteiger partial charge in [-0.05, 0) is 37.0 Å². The second-order valence-electron chi connectivity index (χ2n) is 7.89. The van der Waals surface area contributed by atoms with E-state index < -0.39 is 0 Å². The van der Waals surface area contributed by atoms with Crippen molar-refractivity contribution in [2.75, 3.05) is 44.7 Å². The van der Waals surface area contributed by atoms with Crippen molar-refractivity contribution in [3.8, 4) is 0 Å². The van der Waals surface area contributed by atoms with Gasteiger partial charge < -0.3 is 20.7 Å². The molecule has 1 aromatic rings. The van der Waals surface area contributed by atoms with E-state index in [4.69, 9.17) is 9.73 Å². The third kappa shape index (κ3) is 10.1. The van der Waals surface area contributed by atoms with Crippen LogP contribution in [-0.2, 0) is 16.1 Å². The number of halogens is 1. The van der Waals surface area contributed by atoms with Gasteiger partial charge in [0.25, 0.3) is 0 Å². The largest absolute Gasteiger partial charge is 0.379 e. The average molecular weight is 531 g/mol. The Bertz CT molecular complexity index is 663. The zero-order valence-electron chi connectivity index (χ0n) is 18.7. The maximum absolute atomic E-state index is 11.3. The molecule has 1 heterocycles. The topological polar surface area (TPSA) is 78.0 Å². The van der Waals surface area contributed by atoms with Crippen molar-refractivity contribution in [3.63, 3.8) is 0 Å². The van der Waals surface area contributed by atoms with Crippen LogP contribution in [0.25, 0.3) is 0 Å². The number of carbonyl (C=O) groups is 1. The Labute approximate surface area is 198 Å². The van der Waals surface area contributed by atoms with Crippen LogP contribution in [0.4, 0.5) is 5.69 Å². The molecular formula is C22H38IN5O2. The van der Waals surface area contributed by atoms with Gasteiger partial charge in [-0.2, -0.15) is 0 Å². The number of rotatable bonds is 9. The minimum Gasteiger partial charge on any atom is -0.379 e. The van der Waals surface area contributed by atoms with Crippen molar-refractivity contribution in [1.29, 1.82) is 0 Å². The molecule has 2 rings (SSSR count). The first-order chi connectivity index (χ1) is 14.0. The summed E-state index contributed by atoms with van der Waals surface area (Å²) in [6, 6.07) is 8.27. The van der Waals surface area contributed by atoms with Gasteiger partial charge in [0.15, 0.2) is 5.96 Å². The van der Waals surface area contributed by atoms with Gasteiger partial charge in [-0.1, -0.05) is 26.0 Å². The summed E-state index contributed by atoms with van der Waals surface area (Å²) in [5, 5.41) is 9.68.